The van der Waals surface area contributed by atoms with Crippen molar-refractivity contribution in [2.75, 3.05) is 17.6 Å². The van der Waals surface area contributed by atoms with Crippen LogP contribution in [0, 0.1) is 5.41 Å². The standard InChI is InChI=1S/C12H19N3/c1-2-5-12(6-7-12)9-15-11-4-3-10(13)8-14-11/h3-4,8H,2,5-7,9,13H2,1H3,(H,14,15). The smallest absolute Gasteiger partial charge is 0.126 e. The molecule has 1 heterocycles. The van der Waals surface area contributed by atoms with Gasteiger partial charge in [0, 0.05) is 6.54 Å². The van der Waals surface area contributed by atoms with Crippen molar-refractivity contribution in [2.24, 2.45) is 5.41 Å². The molecule has 0 radical (unpaired) electrons. The van der Waals surface area contributed by atoms with Crippen molar-refractivity contribution in [2.45, 2.75) is 32.6 Å². The van der Waals surface area contributed by atoms with Crippen molar-refractivity contribution < 1.29 is 0 Å². The minimum Gasteiger partial charge on any atom is -0.397 e. The minimum absolute atomic E-state index is 0.567. The molecule has 0 bridgehead atoms. The van der Waals surface area contributed by atoms with Crippen LogP contribution in [0.1, 0.15) is 32.6 Å². The predicted octanol–water partition coefficient (Wildman–Crippen LogP) is 2.66. The van der Waals surface area contributed by atoms with E-state index >= 15 is 0 Å². The zero-order valence-electron chi connectivity index (χ0n) is 9.29. The second-order valence-corrected chi connectivity index (χ2v) is 4.58. The fourth-order valence-corrected chi connectivity index (χ4v) is 2.01. The van der Waals surface area contributed by atoms with Crippen molar-refractivity contribution in [3.63, 3.8) is 0 Å². The summed E-state index contributed by atoms with van der Waals surface area (Å²) in [5.41, 5.74) is 6.86. The van der Waals surface area contributed by atoms with E-state index in [9.17, 15) is 0 Å². The highest BCUT2D eigenvalue weighted by Crippen LogP contribution is 2.49. The maximum absolute atomic E-state index is 5.58. The molecule has 0 atom stereocenters. The molecule has 0 amide bonds. The van der Waals surface area contributed by atoms with Crippen LogP contribution in [0.4, 0.5) is 11.5 Å². The fourth-order valence-electron chi connectivity index (χ4n) is 2.01. The van der Waals surface area contributed by atoms with Gasteiger partial charge in [0.2, 0.25) is 0 Å². The number of hydrogen-bond acceptors (Lipinski definition) is 3. The van der Waals surface area contributed by atoms with Crippen LogP contribution in [-0.2, 0) is 0 Å². The van der Waals surface area contributed by atoms with Crippen LogP contribution in [0.3, 0.4) is 0 Å². The molecular weight excluding hydrogens is 186 g/mol. The molecule has 1 aliphatic rings. The van der Waals surface area contributed by atoms with Gasteiger partial charge < -0.3 is 11.1 Å². The lowest BCUT2D eigenvalue weighted by molar-refractivity contribution is 0.485. The first kappa shape index (κ1) is 10.3. The van der Waals surface area contributed by atoms with Crippen molar-refractivity contribution in [3.05, 3.63) is 18.3 Å². The van der Waals surface area contributed by atoms with Crippen LogP contribution < -0.4 is 11.1 Å². The molecule has 0 unspecified atom stereocenters. The van der Waals surface area contributed by atoms with Crippen molar-refractivity contribution in [3.8, 4) is 0 Å². The number of nitrogens with one attached hydrogen (secondary N) is 1. The number of pyridine rings is 1. The largest absolute Gasteiger partial charge is 0.397 e. The highest BCUT2D eigenvalue weighted by molar-refractivity contribution is 5.43. The van der Waals surface area contributed by atoms with Gasteiger partial charge >= 0.3 is 0 Å². The molecule has 3 N–H and O–H groups in total. The summed E-state index contributed by atoms with van der Waals surface area (Å²) in [6.07, 6.45) is 7.03. The molecule has 15 heavy (non-hydrogen) atoms. The van der Waals surface area contributed by atoms with Gasteiger partial charge in [0.25, 0.3) is 0 Å². The Bertz CT molecular complexity index is 314. The third-order valence-corrected chi connectivity index (χ3v) is 3.17. The van der Waals surface area contributed by atoms with E-state index in [0.29, 0.717) is 5.41 Å². The first-order chi connectivity index (χ1) is 7.24. The third kappa shape index (κ3) is 2.61. The van der Waals surface area contributed by atoms with E-state index in [2.05, 4.69) is 17.2 Å². The zero-order valence-corrected chi connectivity index (χ0v) is 9.29. The quantitative estimate of drug-likeness (QED) is 0.777. The second kappa shape index (κ2) is 4.09. The van der Waals surface area contributed by atoms with E-state index in [0.717, 1.165) is 18.1 Å². The van der Waals surface area contributed by atoms with Crippen molar-refractivity contribution in [1.29, 1.82) is 0 Å². The molecule has 3 heteroatoms. The molecule has 0 aliphatic heterocycles. The molecule has 1 aliphatic carbocycles. The number of aromatic nitrogens is 1. The molecule has 0 aromatic carbocycles. The van der Waals surface area contributed by atoms with Gasteiger partial charge in [-0.05, 0) is 36.8 Å². The summed E-state index contributed by atoms with van der Waals surface area (Å²) in [6, 6.07) is 3.83. The Morgan fingerprint density at radius 1 is 1.47 bits per heavy atom. The van der Waals surface area contributed by atoms with Gasteiger partial charge in [-0.15, -0.1) is 0 Å². The Labute approximate surface area is 91.1 Å². The maximum atomic E-state index is 5.58. The first-order valence-corrected chi connectivity index (χ1v) is 5.69. The van der Waals surface area contributed by atoms with E-state index < -0.39 is 0 Å². The highest BCUT2D eigenvalue weighted by atomic mass is 15.0. The highest BCUT2D eigenvalue weighted by Gasteiger charge is 2.41. The molecule has 82 valence electrons. The van der Waals surface area contributed by atoms with E-state index in [1.165, 1.54) is 25.7 Å². The van der Waals surface area contributed by atoms with E-state index in [1.807, 2.05) is 12.1 Å². The van der Waals surface area contributed by atoms with Gasteiger partial charge in [-0.2, -0.15) is 0 Å². The van der Waals surface area contributed by atoms with Crippen LogP contribution in [0.15, 0.2) is 18.3 Å². The van der Waals surface area contributed by atoms with Gasteiger partial charge in [-0.25, -0.2) is 4.98 Å². The summed E-state index contributed by atoms with van der Waals surface area (Å²) < 4.78 is 0. The summed E-state index contributed by atoms with van der Waals surface area (Å²) in [7, 11) is 0. The van der Waals surface area contributed by atoms with E-state index in [-0.39, 0.29) is 0 Å². The third-order valence-electron chi connectivity index (χ3n) is 3.17. The van der Waals surface area contributed by atoms with Crippen LogP contribution >= 0.6 is 0 Å². The molecule has 3 nitrogen and oxygen atoms in total. The van der Waals surface area contributed by atoms with Crippen LogP contribution in [0.2, 0.25) is 0 Å². The fraction of sp³-hybridized carbons (Fsp3) is 0.583. The number of nitrogens with two attached hydrogens (primary N) is 1. The van der Waals surface area contributed by atoms with Gasteiger partial charge in [0.15, 0.2) is 0 Å². The molecule has 1 fully saturated rings. The summed E-state index contributed by atoms with van der Waals surface area (Å²) in [5, 5.41) is 3.39. The number of rotatable bonds is 5. The molecule has 1 saturated carbocycles. The summed E-state index contributed by atoms with van der Waals surface area (Å²) >= 11 is 0. The molecule has 0 saturated heterocycles. The second-order valence-electron chi connectivity index (χ2n) is 4.58. The Balaban J connectivity index is 1.85. The predicted molar refractivity (Wildman–Crippen MR) is 63.7 cm³/mol. The molecule has 2 rings (SSSR count). The van der Waals surface area contributed by atoms with Crippen LogP contribution in [-0.4, -0.2) is 11.5 Å². The summed E-state index contributed by atoms with van der Waals surface area (Å²) in [4.78, 5) is 4.23. The molecular formula is C12H19N3. The van der Waals surface area contributed by atoms with Gasteiger partial charge in [-0.1, -0.05) is 13.3 Å². The topological polar surface area (TPSA) is 50.9 Å². The Morgan fingerprint density at radius 2 is 2.27 bits per heavy atom. The van der Waals surface area contributed by atoms with Gasteiger partial charge in [0.1, 0.15) is 5.82 Å². The molecule has 1 aromatic heterocycles. The van der Waals surface area contributed by atoms with E-state index in [1.54, 1.807) is 6.20 Å². The lowest BCUT2D eigenvalue weighted by Gasteiger charge is -2.15. The first-order valence-electron chi connectivity index (χ1n) is 5.69. The summed E-state index contributed by atoms with van der Waals surface area (Å²) in [5.74, 6) is 0.937. The maximum Gasteiger partial charge on any atom is 0.126 e. The van der Waals surface area contributed by atoms with Crippen LogP contribution in [0.25, 0.3) is 0 Å². The minimum atomic E-state index is 0.567. The Morgan fingerprint density at radius 3 is 2.80 bits per heavy atom. The molecule has 0 spiro atoms. The zero-order chi connectivity index (χ0) is 10.7. The number of hydrogen-bond donors (Lipinski definition) is 2. The average molecular weight is 205 g/mol. The normalized spacial score (nSPS) is 17.4. The van der Waals surface area contributed by atoms with Crippen molar-refractivity contribution >= 4 is 11.5 Å². The Hall–Kier alpha value is -1.25. The van der Waals surface area contributed by atoms with Crippen molar-refractivity contribution in [1.82, 2.24) is 4.98 Å². The Kier molecular flexibility index (Phi) is 2.80. The lowest BCUT2D eigenvalue weighted by Crippen LogP contribution is -2.15. The monoisotopic (exact) mass is 205 g/mol. The van der Waals surface area contributed by atoms with E-state index in [4.69, 9.17) is 5.73 Å². The average Bonchev–Trinajstić information content (AvgIpc) is 2.99. The summed E-state index contributed by atoms with van der Waals surface area (Å²) in [6.45, 7) is 3.30. The number of nitrogen functional groups attached to an aromatic ring is 1. The van der Waals surface area contributed by atoms with Gasteiger partial charge in [0.05, 0.1) is 11.9 Å². The van der Waals surface area contributed by atoms with Gasteiger partial charge in [-0.3, -0.25) is 0 Å². The lowest BCUT2D eigenvalue weighted by atomic mass is 10.0. The SMILES string of the molecule is CCCC1(CNc2ccc(N)cn2)CC1. The van der Waals surface area contributed by atoms with Crippen LogP contribution in [0.5, 0.6) is 0 Å². The molecule has 1 aromatic rings. The number of anilines is 2. The number of nitrogens with zero attached hydrogens (tertiary/aromatic N) is 1.